The molecule has 0 radical (unpaired) electrons. The summed E-state index contributed by atoms with van der Waals surface area (Å²) in [7, 11) is 1.66. The van der Waals surface area contributed by atoms with Crippen LogP contribution in [0.15, 0.2) is 41.8 Å². The number of methoxy groups -OCH3 is 1. The average Bonchev–Trinajstić information content (AvgIpc) is 3.09. The summed E-state index contributed by atoms with van der Waals surface area (Å²) in [5.41, 5.74) is 1.11. The number of rotatable bonds is 8. The molecule has 0 N–H and O–H groups in total. The van der Waals surface area contributed by atoms with E-state index < -0.39 is 0 Å². The van der Waals surface area contributed by atoms with Crippen LogP contribution in [0.25, 0.3) is 0 Å². The predicted octanol–water partition coefficient (Wildman–Crippen LogP) is 4.69. The molecule has 0 saturated carbocycles. The van der Waals surface area contributed by atoms with Crippen molar-refractivity contribution >= 4 is 17.2 Å². The quantitative estimate of drug-likeness (QED) is 0.702. The van der Waals surface area contributed by atoms with Gasteiger partial charge in [-0.15, -0.1) is 11.3 Å². The van der Waals surface area contributed by atoms with Gasteiger partial charge < -0.3 is 9.64 Å². The molecule has 0 saturated heterocycles. The van der Waals surface area contributed by atoms with Gasteiger partial charge in [-0.2, -0.15) is 0 Å². The van der Waals surface area contributed by atoms with Crippen molar-refractivity contribution in [3.8, 4) is 5.75 Å². The number of aryl methyl sites for hydroxylation is 1. The number of carbonyl (C=O) groups is 1. The summed E-state index contributed by atoms with van der Waals surface area (Å²) in [6.07, 6.45) is 2.48. The van der Waals surface area contributed by atoms with Crippen LogP contribution in [-0.2, 0) is 11.2 Å². The highest BCUT2D eigenvalue weighted by molar-refractivity contribution is 7.09. The molecule has 1 aromatic carbocycles. The molecule has 0 spiro atoms. The first-order valence-corrected chi connectivity index (χ1v) is 8.99. The molecule has 1 amide bonds. The van der Waals surface area contributed by atoms with Crippen molar-refractivity contribution < 1.29 is 9.53 Å². The van der Waals surface area contributed by atoms with E-state index in [2.05, 4.69) is 30.5 Å². The van der Waals surface area contributed by atoms with Crippen molar-refractivity contribution in [2.75, 3.05) is 13.7 Å². The van der Waals surface area contributed by atoms with Crippen molar-refractivity contribution in [2.45, 2.75) is 39.2 Å². The molecule has 23 heavy (non-hydrogen) atoms. The van der Waals surface area contributed by atoms with Crippen LogP contribution < -0.4 is 4.74 Å². The highest BCUT2D eigenvalue weighted by atomic mass is 32.1. The smallest absolute Gasteiger partial charge is 0.223 e. The van der Waals surface area contributed by atoms with Crippen LogP contribution >= 0.6 is 11.3 Å². The van der Waals surface area contributed by atoms with E-state index in [0.717, 1.165) is 30.7 Å². The van der Waals surface area contributed by atoms with E-state index in [4.69, 9.17) is 4.74 Å². The third-order valence-electron chi connectivity index (χ3n) is 4.10. The molecule has 2 rings (SSSR count). The van der Waals surface area contributed by atoms with Crippen molar-refractivity contribution in [2.24, 2.45) is 0 Å². The fourth-order valence-corrected chi connectivity index (χ4v) is 3.51. The highest BCUT2D eigenvalue weighted by Gasteiger charge is 2.19. The number of carbonyl (C=O) groups excluding carboxylic acids is 1. The van der Waals surface area contributed by atoms with Crippen molar-refractivity contribution in [3.05, 3.63) is 52.2 Å². The van der Waals surface area contributed by atoms with Gasteiger partial charge in [0.1, 0.15) is 5.75 Å². The number of thiophene rings is 1. The summed E-state index contributed by atoms with van der Waals surface area (Å²) in [5.74, 6) is 1.05. The van der Waals surface area contributed by atoms with E-state index in [-0.39, 0.29) is 11.9 Å². The Morgan fingerprint density at radius 3 is 2.78 bits per heavy atom. The van der Waals surface area contributed by atoms with Crippen molar-refractivity contribution in [1.29, 1.82) is 0 Å². The minimum absolute atomic E-state index is 0.0596. The van der Waals surface area contributed by atoms with E-state index in [0.29, 0.717) is 6.42 Å². The van der Waals surface area contributed by atoms with Crippen molar-refractivity contribution in [1.82, 2.24) is 4.90 Å². The van der Waals surface area contributed by atoms with E-state index in [9.17, 15) is 4.79 Å². The number of ether oxygens (including phenoxy) is 1. The molecule has 3 nitrogen and oxygen atoms in total. The number of amides is 1. The second kappa shape index (κ2) is 8.73. The molecular weight excluding hydrogens is 306 g/mol. The number of benzene rings is 1. The third kappa shape index (κ3) is 4.83. The Morgan fingerprint density at radius 2 is 2.13 bits per heavy atom. The average molecular weight is 331 g/mol. The fourth-order valence-electron chi connectivity index (χ4n) is 2.76. The van der Waals surface area contributed by atoms with Crippen LogP contribution in [0.1, 0.15) is 43.2 Å². The Labute approximate surface area is 142 Å². The molecular formula is C19H25NO2S. The summed E-state index contributed by atoms with van der Waals surface area (Å²) in [6, 6.07) is 12.2. The van der Waals surface area contributed by atoms with Gasteiger partial charge in [0.15, 0.2) is 0 Å². The lowest BCUT2D eigenvalue weighted by atomic mass is 10.1. The van der Waals surface area contributed by atoms with Gasteiger partial charge in [-0.05, 0) is 55.8 Å². The molecule has 4 heteroatoms. The van der Waals surface area contributed by atoms with E-state index >= 15 is 0 Å². The molecule has 0 aliphatic rings. The third-order valence-corrected chi connectivity index (χ3v) is 5.03. The van der Waals surface area contributed by atoms with E-state index in [1.165, 1.54) is 4.88 Å². The van der Waals surface area contributed by atoms with Gasteiger partial charge in [0.2, 0.25) is 5.91 Å². The maximum atomic E-state index is 12.6. The zero-order valence-corrected chi connectivity index (χ0v) is 14.9. The molecule has 1 heterocycles. The lowest BCUT2D eigenvalue weighted by Gasteiger charge is -2.28. The molecule has 1 atom stereocenters. The first kappa shape index (κ1) is 17.5. The summed E-state index contributed by atoms with van der Waals surface area (Å²) < 4.78 is 5.28. The van der Waals surface area contributed by atoms with Crippen LogP contribution in [0.2, 0.25) is 0 Å². The highest BCUT2D eigenvalue weighted by Crippen LogP contribution is 2.25. The maximum Gasteiger partial charge on any atom is 0.223 e. The van der Waals surface area contributed by atoms with E-state index in [1.54, 1.807) is 18.4 Å². The van der Waals surface area contributed by atoms with Gasteiger partial charge in [0, 0.05) is 17.8 Å². The second-order valence-electron chi connectivity index (χ2n) is 5.57. The Morgan fingerprint density at radius 1 is 1.30 bits per heavy atom. The second-order valence-corrected chi connectivity index (χ2v) is 6.60. The SMILES string of the molecule is CCN(C(=O)CCCc1cccs1)C(C)c1cccc(OC)c1. The molecule has 0 aliphatic heterocycles. The van der Waals surface area contributed by atoms with Gasteiger partial charge in [-0.1, -0.05) is 18.2 Å². The normalized spacial score (nSPS) is 12.0. The molecule has 0 fully saturated rings. The van der Waals surface area contributed by atoms with Crippen molar-refractivity contribution in [3.63, 3.8) is 0 Å². The Bertz CT molecular complexity index is 610. The van der Waals surface area contributed by atoms with Gasteiger partial charge in [0.25, 0.3) is 0 Å². The number of nitrogens with zero attached hydrogens (tertiary/aromatic N) is 1. The summed E-state index contributed by atoms with van der Waals surface area (Å²) in [5, 5.41) is 2.08. The molecule has 0 bridgehead atoms. The Hall–Kier alpha value is -1.81. The summed E-state index contributed by atoms with van der Waals surface area (Å²) in [6.45, 7) is 4.83. The van der Waals surface area contributed by atoms with Gasteiger partial charge in [0.05, 0.1) is 13.2 Å². The first-order valence-electron chi connectivity index (χ1n) is 8.11. The number of hydrogen-bond acceptors (Lipinski definition) is 3. The maximum absolute atomic E-state index is 12.6. The molecule has 1 aromatic heterocycles. The molecule has 124 valence electrons. The Kier molecular flexibility index (Phi) is 6.66. The molecule has 2 aromatic rings. The van der Waals surface area contributed by atoms with Crippen LogP contribution in [0.4, 0.5) is 0 Å². The van der Waals surface area contributed by atoms with Crippen LogP contribution in [0, 0.1) is 0 Å². The zero-order chi connectivity index (χ0) is 16.7. The first-order chi connectivity index (χ1) is 11.2. The topological polar surface area (TPSA) is 29.5 Å². The van der Waals surface area contributed by atoms with Crippen LogP contribution in [-0.4, -0.2) is 24.5 Å². The Balaban J connectivity index is 1.95. The minimum atomic E-state index is 0.0596. The molecule has 0 aliphatic carbocycles. The predicted molar refractivity (Wildman–Crippen MR) is 96.1 cm³/mol. The fraction of sp³-hybridized carbons (Fsp3) is 0.421. The van der Waals surface area contributed by atoms with Crippen LogP contribution in [0.3, 0.4) is 0 Å². The van der Waals surface area contributed by atoms with Gasteiger partial charge in [-0.25, -0.2) is 0 Å². The van der Waals surface area contributed by atoms with Gasteiger partial charge in [-0.3, -0.25) is 4.79 Å². The summed E-state index contributed by atoms with van der Waals surface area (Å²) >= 11 is 1.76. The monoisotopic (exact) mass is 331 g/mol. The zero-order valence-electron chi connectivity index (χ0n) is 14.1. The van der Waals surface area contributed by atoms with Crippen LogP contribution in [0.5, 0.6) is 5.75 Å². The largest absolute Gasteiger partial charge is 0.497 e. The molecule has 1 unspecified atom stereocenters. The minimum Gasteiger partial charge on any atom is -0.497 e. The lowest BCUT2D eigenvalue weighted by Crippen LogP contribution is -2.33. The number of hydrogen-bond donors (Lipinski definition) is 0. The van der Waals surface area contributed by atoms with Gasteiger partial charge >= 0.3 is 0 Å². The standard InChI is InChI=1S/C19H25NO2S/c1-4-20(15(2)16-8-5-9-17(14-16)22-3)19(21)12-6-10-18-11-7-13-23-18/h5,7-9,11,13-15H,4,6,10,12H2,1-3H3. The van der Waals surface area contributed by atoms with E-state index in [1.807, 2.05) is 30.0 Å². The lowest BCUT2D eigenvalue weighted by molar-refractivity contribution is -0.133. The summed E-state index contributed by atoms with van der Waals surface area (Å²) in [4.78, 5) is 15.9.